The summed E-state index contributed by atoms with van der Waals surface area (Å²) in [6.07, 6.45) is 0. The second-order valence-corrected chi connectivity index (χ2v) is 3.72. The molecule has 1 aromatic heterocycles. The Bertz CT molecular complexity index is 442. The molecular formula is C8H7ClN4S. The van der Waals surface area contributed by atoms with Crippen molar-refractivity contribution in [3.05, 3.63) is 29.3 Å². The molecular weight excluding hydrogens is 220 g/mol. The Morgan fingerprint density at radius 2 is 2.14 bits per heavy atom. The van der Waals surface area contributed by atoms with Gasteiger partial charge in [-0.05, 0) is 12.1 Å². The van der Waals surface area contributed by atoms with Crippen molar-refractivity contribution in [1.82, 2.24) is 9.36 Å². The Labute approximate surface area is 89.9 Å². The largest absolute Gasteiger partial charge is 0.367 e. The van der Waals surface area contributed by atoms with Crippen LogP contribution in [0.2, 0.25) is 5.02 Å². The van der Waals surface area contributed by atoms with Gasteiger partial charge in [-0.2, -0.15) is 9.36 Å². The molecule has 4 nitrogen and oxygen atoms in total. The standard InChI is InChI=1S/C8H7ClN4S/c9-5-3-1-2-4-6(5)11-8-12-7(10)13-14-8/h1-4H,(H3,10,11,12,13). The molecule has 1 heterocycles. The minimum Gasteiger partial charge on any atom is -0.367 e. The van der Waals surface area contributed by atoms with Crippen LogP contribution in [0.4, 0.5) is 16.8 Å². The zero-order chi connectivity index (χ0) is 9.97. The van der Waals surface area contributed by atoms with Gasteiger partial charge in [0.15, 0.2) is 0 Å². The predicted octanol–water partition coefficient (Wildman–Crippen LogP) is 2.52. The van der Waals surface area contributed by atoms with Crippen LogP contribution in [0.3, 0.4) is 0 Å². The van der Waals surface area contributed by atoms with Gasteiger partial charge < -0.3 is 11.1 Å². The third kappa shape index (κ3) is 1.94. The summed E-state index contributed by atoms with van der Waals surface area (Å²) < 4.78 is 3.85. The highest BCUT2D eigenvalue weighted by molar-refractivity contribution is 7.10. The summed E-state index contributed by atoms with van der Waals surface area (Å²) in [6, 6.07) is 7.41. The molecule has 14 heavy (non-hydrogen) atoms. The van der Waals surface area contributed by atoms with E-state index in [-0.39, 0.29) is 5.95 Å². The first-order valence-corrected chi connectivity index (χ1v) is 5.01. The number of nitrogens with two attached hydrogens (primary N) is 1. The Kier molecular flexibility index (Phi) is 2.51. The van der Waals surface area contributed by atoms with Crippen molar-refractivity contribution in [1.29, 1.82) is 0 Å². The summed E-state index contributed by atoms with van der Waals surface area (Å²) >= 11 is 7.14. The fourth-order valence-corrected chi connectivity index (χ4v) is 1.66. The van der Waals surface area contributed by atoms with Gasteiger partial charge in [0.1, 0.15) is 0 Å². The molecule has 0 fully saturated rings. The van der Waals surface area contributed by atoms with Gasteiger partial charge in [0.2, 0.25) is 11.1 Å². The number of nitrogens with one attached hydrogen (secondary N) is 1. The molecule has 72 valence electrons. The number of hydrogen-bond donors (Lipinski definition) is 2. The van der Waals surface area contributed by atoms with Crippen LogP contribution >= 0.6 is 23.1 Å². The first-order valence-electron chi connectivity index (χ1n) is 3.86. The van der Waals surface area contributed by atoms with E-state index in [0.29, 0.717) is 10.2 Å². The van der Waals surface area contributed by atoms with E-state index in [9.17, 15) is 0 Å². The molecule has 2 rings (SSSR count). The van der Waals surface area contributed by atoms with Crippen molar-refractivity contribution in [3.8, 4) is 0 Å². The average Bonchev–Trinajstić information content (AvgIpc) is 2.56. The number of anilines is 3. The second kappa shape index (κ2) is 3.81. The number of para-hydroxylation sites is 1. The van der Waals surface area contributed by atoms with E-state index in [1.54, 1.807) is 6.07 Å². The van der Waals surface area contributed by atoms with E-state index >= 15 is 0 Å². The number of hydrogen-bond acceptors (Lipinski definition) is 5. The van der Waals surface area contributed by atoms with E-state index in [0.717, 1.165) is 5.69 Å². The highest BCUT2D eigenvalue weighted by atomic mass is 35.5. The number of benzene rings is 1. The minimum atomic E-state index is 0.268. The maximum absolute atomic E-state index is 5.94. The number of aromatic nitrogens is 2. The van der Waals surface area contributed by atoms with Gasteiger partial charge in [0.25, 0.3) is 0 Å². The maximum atomic E-state index is 5.94. The molecule has 0 atom stereocenters. The Hall–Kier alpha value is -1.33. The Balaban J connectivity index is 2.23. The van der Waals surface area contributed by atoms with Crippen LogP contribution in [0.15, 0.2) is 24.3 Å². The van der Waals surface area contributed by atoms with Crippen LogP contribution in [-0.2, 0) is 0 Å². The van der Waals surface area contributed by atoms with Crippen molar-refractivity contribution in [2.75, 3.05) is 11.1 Å². The smallest absolute Gasteiger partial charge is 0.233 e. The first kappa shape index (κ1) is 9.23. The van der Waals surface area contributed by atoms with Crippen molar-refractivity contribution in [2.45, 2.75) is 0 Å². The quantitative estimate of drug-likeness (QED) is 0.826. The van der Waals surface area contributed by atoms with Gasteiger partial charge in [-0.15, -0.1) is 0 Å². The summed E-state index contributed by atoms with van der Waals surface area (Å²) in [4.78, 5) is 3.96. The van der Waals surface area contributed by atoms with Crippen LogP contribution in [0.25, 0.3) is 0 Å². The molecule has 0 bridgehead atoms. The second-order valence-electron chi connectivity index (χ2n) is 2.56. The van der Waals surface area contributed by atoms with Gasteiger partial charge in [-0.3, -0.25) is 0 Å². The molecule has 6 heteroatoms. The average molecular weight is 227 g/mol. The molecule has 0 spiro atoms. The Morgan fingerprint density at radius 3 is 2.79 bits per heavy atom. The predicted molar refractivity (Wildman–Crippen MR) is 59.1 cm³/mol. The van der Waals surface area contributed by atoms with E-state index in [1.807, 2.05) is 18.2 Å². The molecule has 0 unspecified atom stereocenters. The molecule has 0 amide bonds. The van der Waals surface area contributed by atoms with Crippen LogP contribution in [-0.4, -0.2) is 9.36 Å². The van der Waals surface area contributed by atoms with E-state index < -0.39 is 0 Å². The van der Waals surface area contributed by atoms with E-state index in [2.05, 4.69) is 14.7 Å². The summed E-state index contributed by atoms with van der Waals surface area (Å²) in [5, 5.41) is 4.30. The molecule has 0 saturated carbocycles. The normalized spacial score (nSPS) is 10.1. The van der Waals surface area contributed by atoms with Crippen molar-refractivity contribution in [3.63, 3.8) is 0 Å². The molecule has 0 saturated heterocycles. The lowest BCUT2D eigenvalue weighted by atomic mass is 10.3. The third-order valence-corrected chi connectivity index (χ3v) is 2.53. The fourth-order valence-electron chi connectivity index (χ4n) is 0.963. The highest BCUT2D eigenvalue weighted by Crippen LogP contribution is 2.25. The molecule has 0 radical (unpaired) electrons. The van der Waals surface area contributed by atoms with Crippen molar-refractivity contribution < 1.29 is 0 Å². The van der Waals surface area contributed by atoms with Crippen molar-refractivity contribution in [2.24, 2.45) is 0 Å². The van der Waals surface area contributed by atoms with Crippen LogP contribution in [0.1, 0.15) is 0 Å². The lowest BCUT2D eigenvalue weighted by Gasteiger charge is -2.02. The zero-order valence-corrected chi connectivity index (χ0v) is 8.64. The third-order valence-electron chi connectivity index (χ3n) is 1.56. The summed E-state index contributed by atoms with van der Waals surface area (Å²) in [7, 11) is 0. The highest BCUT2D eigenvalue weighted by Gasteiger charge is 2.03. The van der Waals surface area contributed by atoms with Gasteiger partial charge in [0, 0.05) is 11.5 Å². The minimum absolute atomic E-state index is 0.268. The summed E-state index contributed by atoms with van der Waals surface area (Å²) in [6.45, 7) is 0. The van der Waals surface area contributed by atoms with Crippen LogP contribution in [0, 0.1) is 0 Å². The monoisotopic (exact) mass is 226 g/mol. The lowest BCUT2D eigenvalue weighted by molar-refractivity contribution is 1.33. The topological polar surface area (TPSA) is 63.8 Å². The molecule has 0 aliphatic heterocycles. The van der Waals surface area contributed by atoms with Gasteiger partial charge in [-0.25, -0.2) is 0 Å². The van der Waals surface area contributed by atoms with E-state index in [1.165, 1.54) is 11.5 Å². The maximum Gasteiger partial charge on any atom is 0.233 e. The molecule has 3 N–H and O–H groups in total. The number of nitrogen functional groups attached to an aromatic ring is 1. The van der Waals surface area contributed by atoms with E-state index in [4.69, 9.17) is 17.3 Å². The van der Waals surface area contributed by atoms with Gasteiger partial charge in [0.05, 0.1) is 10.7 Å². The lowest BCUT2D eigenvalue weighted by Crippen LogP contribution is -1.91. The number of nitrogens with zero attached hydrogens (tertiary/aromatic N) is 2. The number of halogens is 1. The molecule has 1 aromatic carbocycles. The molecule has 2 aromatic rings. The fraction of sp³-hybridized carbons (Fsp3) is 0. The first-order chi connectivity index (χ1) is 6.75. The van der Waals surface area contributed by atoms with Crippen LogP contribution in [0.5, 0.6) is 0 Å². The van der Waals surface area contributed by atoms with Gasteiger partial charge in [-0.1, -0.05) is 23.7 Å². The number of rotatable bonds is 2. The van der Waals surface area contributed by atoms with Crippen LogP contribution < -0.4 is 11.1 Å². The molecule has 0 aliphatic carbocycles. The zero-order valence-electron chi connectivity index (χ0n) is 7.07. The Morgan fingerprint density at radius 1 is 1.36 bits per heavy atom. The summed E-state index contributed by atoms with van der Waals surface area (Å²) in [5.41, 5.74) is 6.18. The SMILES string of the molecule is Nc1nsc(Nc2ccccc2Cl)n1. The summed E-state index contributed by atoms with van der Waals surface area (Å²) in [5.74, 6) is 0.268. The van der Waals surface area contributed by atoms with Gasteiger partial charge >= 0.3 is 0 Å². The molecule has 0 aliphatic rings. The van der Waals surface area contributed by atoms with Crippen molar-refractivity contribution >= 4 is 39.9 Å².